The maximum absolute atomic E-state index is 12.0. The molecule has 0 saturated heterocycles. The Morgan fingerprint density at radius 2 is 1.86 bits per heavy atom. The Morgan fingerprint density at radius 3 is 2.36 bits per heavy atom. The van der Waals surface area contributed by atoms with Crippen LogP contribution in [0.4, 0.5) is 0 Å². The van der Waals surface area contributed by atoms with Gasteiger partial charge in [-0.05, 0) is 19.4 Å². The summed E-state index contributed by atoms with van der Waals surface area (Å²) in [5.41, 5.74) is -0.113. The first-order valence-corrected chi connectivity index (χ1v) is 6.04. The summed E-state index contributed by atoms with van der Waals surface area (Å²) in [6, 6.07) is 1.35. The minimum absolute atomic E-state index is 0. The molecule has 1 aromatic heterocycles. The zero-order valence-corrected chi connectivity index (χ0v) is 13.6. The molecule has 8 nitrogen and oxygen atoms in total. The number of benzene rings is 1. The largest absolute Gasteiger partial charge is 0.504 e. The van der Waals surface area contributed by atoms with Crippen LogP contribution in [0.2, 0.25) is 0 Å². The van der Waals surface area contributed by atoms with E-state index in [4.69, 9.17) is 0 Å². The standard InChI is InChI=1S/C13H14N2O5.BrH.H2O/c1-3-8(12(18)19)15-9-5-11(17)10(16)4-7(9)6(2)14-13(15)20;;/h4-5,8,16-17H,3H2,1-2H3,(H,18,19);1H;1H2. The van der Waals surface area contributed by atoms with Crippen molar-refractivity contribution in [1.29, 1.82) is 0 Å². The molecule has 0 aliphatic carbocycles. The highest BCUT2D eigenvalue weighted by atomic mass is 79.9. The zero-order valence-electron chi connectivity index (χ0n) is 11.9. The lowest BCUT2D eigenvalue weighted by Gasteiger charge is -2.17. The molecule has 1 aromatic carbocycles. The molecule has 22 heavy (non-hydrogen) atoms. The molecule has 0 fully saturated rings. The fraction of sp³-hybridized carbons (Fsp3) is 0.308. The molecule has 1 unspecified atom stereocenters. The summed E-state index contributed by atoms with van der Waals surface area (Å²) in [5.74, 6) is -1.93. The first kappa shape index (κ1) is 19.9. The lowest BCUT2D eigenvalue weighted by Crippen LogP contribution is -2.32. The lowest BCUT2D eigenvalue weighted by atomic mass is 10.1. The van der Waals surface area contributed by atoms with Crippen LogP contribution in [0.3, 0.4) is 0 Å². The molecule has 2 aromatic rings. The highest BCUT2D eigenvalue weighted by Crippen LogP contribution is 2.31. The van der Waals surface area contributed by atoms with Gasteiger partial charge in [0.05, 0.1) is 11.2 Å². The van der Waals surface area contributed by atoms with E-state index in [1.54, 1.807) is 13.8 Å². The molecule has 0 aliphatic heterocycles. The van der Waals surface area contributed by atoms with Gasteiger partial charge in [0.25, 0.3) is 0 Å². The van der Waals surface area contributed by atoms with Crippen LogP contribution in [0.25, 0.3) is 10.9 Å². The lowest BCUT2D eigenvalue weighted by molar-refractivity contribution is -0.141. The van der Waals surface area contributed by atoms with Crippen molar-refractivity contribution in [3.05, 3.63) is 28.3 Å². The van der Waals surface area contributed by atoms with Crippen LogP contribution in [-0.2, 0) is 4.79 Å². The van der Waals surface area contributed by atoms with Crippen molar-refractivity contribution in [2.24, 2.45) is 0 Å². The molecule has 122 valence electrons. The molecule has 0 spiro atoms. The van der Waals surface area contributed by atoms with Gasteiger partial charge >= 0.3 is 11.7 Å². The van der Waals surface area contributed by atoms with Gasteiger partial charge in [0.2, 0.25) is 0 Å². The molecule has 0 saturated carbocycles. The molecule has 5 N–H and O–H groups in total. The molecule has 0 bridgehead atoms. The number of aromatic nitrogens is 2. The van der Waals surface area contributed by atoms with Crippen molar-refractivity contribution >= 4 is 33.9 Å². The number of fused-ring (bicyclic) bond motifs is 1. The fourth-order valence-corrected chi connectivity index (χ4v) is 2.18. The Balaban J connectivity index is 0.00000220. The van der Waals surface area contributed by atoms with Crippen LogP contribution in [0.1, 0.15) is 25.1 Å². The summed E-state index contributed by atoms with van der Waals surface area (Å²) in [6.07, 6.45) is 0.191. The molecule has 1 atom stereocenters. The minimum atomic E-state index is -1.16. The van der Waals surface area contributed by atoms with Crippen LogP contribution in [-0.4, -0.2) is 36.3 Å². The number of phenols is 2. The average Bonchev–Trinajstić information content (AvgIpc) is 2.36. The minimum Gasteiger partial charge on any atom is -0.504 e. The predicted octanol–water partition coefficient (Wildman–Crippen LogP) is 0.905. The van der Waals surface area contributed by atoms with Gasteiger partial charge < -0.3 is 20.8 Å². The first-order valence-electron chi connectivity index (χ1n) is 6.04. The maximum atomic E-state index is 12.0. The number of nitrogens with zero attached hydrogens (tertiary/aromatic N) is 2. The summed E-state index contributed by atoms with van der Waals surface area (Å²) in [7, 11) is 0. The van der Waals surface area contributed by atoms with E-state index in [1.165, 1.54) is 12.1 Å². The van der Waals surface area contributed by atoms with Crippen molar-refractivity contribution in [3.8, 4) is 11.5 Å². The molecular formula is C13H17BrN2O6. The number of hydrogen-bond acceptors (Lipinski definition) is 5. The zero-order chi connectivity index (χ0) is 15.0. The Kier molecular flexibility index (Phi) is 6.53. The van der Waals surface area contributed by atoms with E-state index < -0.39 is 23.5 Å². The summed E-state index contributed by atoms with van der Waals surface area (Å²) in [4.78, 5) is 27.0. The van der Waals surface area contributed by atoms with Crippen molar-refractivity contribution in [3.63, 3.8) is 0 Å². The fourth-order valence-electron chi connectivity index (χ4n) is 2.18. The van der Waals surface area contributed by atoms with Crippen molar-refractivity contribution < 1.29 is 25.6 Å². The third kappa shape index (κ3) is 3.20. The summed E-state index contributed by atoms with van der Waals surface area (Å²) < 4.78 is 1.02. The summed E-state index contributed by atoms with van der Waals surface area (Å²) >= 11 is 0. The van der Waals surface area contributed by atoms with E-state index in [2.05, 4.69) is 4.98 Å². The van der Waals surface area contributed by atoms with Crippen LogP contribution in [0, 0.1) is 6.92 Å². The van der Waals surface area contributed by atoms with E-state index in [0.717, 1.165) is 4.57 Å². The van der Waals surface area contributed by atoms with Gasteiger partial charge in [0.15, 0.2) is 11.5 Å². The van der Waals surface area contributed by atoms with Gasteiger partial charge in [-0.2, -0.15) is 4.98 Å². The summed E-state index contributed by atoms with van der Waals surface area (Å²) in [6.45, 7) is 3.21. The third-order valence-electron chi connectivity index (χ3n) is 3.20. The van der Waals surface area contributed by atoms with E-state index in [-0.39, 0.29) is 40.1 Å². The highest BCUT2D eigenvalue weighted by Gasteiger charge is 2.22. The van der Waals surface area contributed by atoms with E-state index in [9.17, 15) is 24.9 Å². The Labute approximate surface area is 135 Å². The maximum Gasteiger partial charge on any atom is 0.349 e. The number of carboxylic acids is 1. The van der Waals surface area contributed by atoms with Crippen LogP contribution < -0.4 is 5.69 Å². The van der Waals surface area contributed by atoms with E-state index in [1.807, 2.05) is 0 Å². The number of carboxylic acid groups (broad SMARTS) is 1. The first-order chi connectivity index (χ1) is 9.36. The molecule has 2 rings (SSSR count). The number of aliphatic carboxylic acids is 1. The SMILES string of the molecule is Br.CCC(C(=O)O)n1c(=O)nc(C)c2cc(O)c(O)cc21.O. The van der Waals surface area contributed by atoms with Crippen LogP contribution in [0.15, 0.2) is 16.9 Å². The topological polar surface area (TPSA) is 144 Å². The number of carbonyl (C=O) groups is 1. The number of rotatable bonds is 3. The van der Waals surface area contributed by atoms with Gasteiger partial charge in [-0.15, -0.1) is 17.0 Å². The van der Waals surface area contributed by atoms with Gasteiger partial charge in [-0.3, -0.25) is 4.57 Å². The molecule has 0 aliphatic rings. The quantitative estimate of drug-likeness (QED) is 0.678. The Hall–Kier alpha value is -2.13. The monoisotopic (exact) mass is 376 g/mol. The number of aryl methyl sites for hydroxylation is 1. The average molecular weight is 377 g/mol. The number of halogens is 1. The van der Waals surface area contributed by atoms with Gasteiger partial charge in [0, 0.05) is 11.5 Å². The smallest absolute Gasteiger partial charge is 0.349 e. The molecule has 1 heterocycles. The highest BCUT2D eigenvalue weighted by molar-refractivity contribution is 8.93. The van der Waals surface area contributed by atoms with Crippen molar-refractivity contribution in [2.45, 2.75) is 26.3 Å². The van der Waals surface area contributed by atoms with Crippen molar-refractivity contribution in [1.82, 2.24) is 9.55 Å². The second-order valence-corrected chi connectivity index (χ2v) is 4.47. The van der Waals surface area contributed by atoms with Gasteiger partial charge in [0.1, 0.15) is 6.04 Å². The van der Waals surface area contributed by atoms with Gasteiger partial charge in [-0.1, -0.05) is 6.92 Å². The Bertz CT molecular complexity index is 758. The molecule has 0 amide bonds. The molecule has 9 heteroatoms. The molecular weight excluding hydrogens is 360 g/mol. The van der Waals surface area contributed by atoms with E-state index >= 15 is 0 Å². The normalized spacial score (nSPS) is 11.4. The van der Waals surface area contributed by atoms with Crippen molar-refractivity contribution in [2.75, 3.05) is 0 Å². The number of phenolic OH excluding ortho intramolecular Hbond substituents is 2. The number of hydrogen-bond donors (Lipinski definition) is 3. The molecule has 0 radical (unpaired) electrons. The van der Waals surface area contributed by atoms with Crippen LogP contribution in [0.5, 0.6) is 11.5 Å². The Morgan fingerprint density at radius 1 is 1.32 bits per heavy atom. The van der Waals surface area contributed by atoms with Gasteiger partial charge in [-0.25, -0.2) is 9.59 Å². The summed E-state index contributed by atoms with van der Waals surface area (Å²) in [5, 5.41) is 28.7. The number of aromatic hydroxyl groups is 2. The van der Waals surface area contributed by atoms with Crippen LogP contribution >= 0.6 is 17.0 Å². The third-order valence-corrected chi connectivity index (χ3v) is 3.20. The second kappa shape index (κ2) is 7.23. The van der Waals surface area contributed by atoms with E-state index in [0.29, 0.717) is 11.1 Å². The predicted molar refractivity (Wildman–Crippen MR) is 85.0 cm³/mol. The second-order valence-electron chi connectivity index (χ2n) is 4.47.